The van der Waals surface area contributed by atoms with Gasteiger partial charge in [-0.15, -0.1) is 0 Å². The van der Waals surface area contributed by atoms with Gasteiger partial charge in [-0.1, -0.05) is 18.2 Å². The Kier molecular flexibility index (Phi) is 5.79. The Bertz CT molecular complexity index is 829. The van der Waals surface area contributed by atoms with Gasteiger partial charge in [-0.05, 0) is 29.3 Å². The molecule has 25 heavy (non-hydrogen) atoms. The predicted molar refractivity (Wildman–Crippen MR) is 86.0 cm³/mol. The van der Waals surface area contributed by atoms with Crippen molar-refractivity contribution in [2.24, 2.45) is 5.73 Å². The highest BCUT2D eigenvalue weighted by atomic mass is 19.1. The van der Waals surface area contributed by atoms with Crippen molar-refractivity contribution in [2.75, 3.05) is 0 Å². The zero-order chi connectivity index (χ0) is 18.4. The summed E-state index contributed by atoms with van der Waals surface area (Å²) in [5.41, 5.74) is 6.49. The third kappa shape index (κ3) is 5.11. The van der Waals surface area contributed by atoms with Gasteiger partial charge in [0.15, 0.2) is 0 Å². The van der Waals surface area contributed by atoms with Crippen molar-refractivity contribution in [2.45, 2.75) is 18.9 Å². The maximum Gasteiger partial charge on any atom is 0.240 e. The predicted octanol–water partition coefficient (Wildman–Crippen LogP) is 1.59. The summed E-state index contributed by atoms with van der Waals surface area (Å²) in [6.45, 7) is 0. The van der Waals surface area contributed by atoms with Crippen LogP contribution >= 0.6 is 0 Å². The van der Waals surface area contributed by atoms with Crippen LogP contribution in [0.25, 0.3) is 0 Å². The van der Waals surface area contributed by atoms with Crippen molar-refractivity contribution in [3.05, 3.63) is 70.8 Å². The van der Waals surface area contributed by atoms with Crippen molar-refractivity contribution in [3.63, 3.8) is 0 Å². The second kappa shape index (κ2) is 8.02. The molecule has 0 saturated carbocycles. The number of halogens is 2. The Morgan fingerprint density at radius 3 is 2.40 bits per heavy atom. The van der Waals surface area contributed by atoms with E-state index in [1.807, 2.05) is 6.07 Å². The zero-order valence-electron chi connectivity index (χ0n) is 13.1. The van der Waals surface area contributed by atoms with Crippen LogP contribution in [0.4, 0.5) is 8.78 Å². The van der Waals surface area contributed by atoms with Crippen LogP contribution in [-0.4, -0.2) is 17.9 Å². The van der Waals surface area contributed by atoms with Crippen molar-refractivity contribution in [1.82, 2.24) is 5.32 Å². The number of amides is 2. The number of carbonyl (C=O) groups excluding carboxylic acids is 2. The molecular weight excluding hydrogens is 328 g/mol. The van der Waals surface area contributed by atoms with Crippen molar-refractivity contribution in [3.8, 4) is 6.07 Å². The molecule has 3 N–H and O–H groups in total. The van der Waals surface area contributed by atoms with E-state index in [0.29, 0.717) is 17.2 Å². The number of nitrogens with zero attached hydrogens (tertiary/aromatic N) is 1. The Hall–Kier alpha value is -3.27. The standard InChI is InChI=1S/C18H15F2N3O2/c19-14-6-5-13(15(20)9-14)8-17(24)23-16(18(22)25)7-11-1-3-12(10-21)4-2-11/h1-6,9,16H,7-8H2,(H2,22,25)(H,23,24)/t16-/m1/s1. The van der Waals surface area contributed by atoms with Gasteiger partial charge in [-0.3, -0.25) is 9.59 Å². The highest BCUT2D eigenvalue weighted by Gasteiger charge is 2.19. The van der Waals surface area contributed by atoms with E-state index in [1.165, 1.54) is 6.07 Å². The van der Waals surface area contributed by atoms with Crippen LogP contribution in [0.1, 0.15) is 16.7 Å². The Morgan fingerprint density at radius 2 is 1.84 bits per heavy atom. The van der Waals surface area contributed by atoms with Crippen molar-refractivity contribution in [1.29, 1.82) is 5.26 Å². The fraction of sp³-hybridized carbons (Fsp3) is 0.167. The first kappa shape index (κ1) is 18.1. The highest BCUT2D eigenvalue weighted by Crippen LogP contribution is 2.11. The summed E-state index contributed by atoms with van der Waals surface area (Å²) in [6.07, 6.45) is -0.206. The fourth-order valence-corrected chi connectivity index (χ4v) is 2.26. The molecule has 0 aliphatic rings. The molecular formula is C18H15F2N3O2. The lowest BCUT2D eigenvalue weighted by molar-refractivity contribution is -0.127. The minimum absolute atomic E-state index is 0.0143. The molecule has 0 fully saturated rings. The van der Waals surface area contributed by atoms with Crippen molar-refractivity contribution >= 4 is 11.8 Å². The lowest BCUT2D eigenvalue weighted by Gasteiger charge is -2.16. The summed E-state index contributed by atoms with van der Waals surface area (Å²) in [6, 6.07) is 10.4. The first-order valence-electron chi connectivity index (χ1n) is 7.40. The normalized spacial score (nSPS) is 11.4. The van der Waals surface area contributed by atoms with E-state index in [1.54, 1.807) is 24.3 Å². The number of nitriles is 1. The van der Waals surface area contributed by atoms with Crippen molar-refractivity contribution < 1.29 is 18.4 Å². The van der Waals surface area contributed by atoms with Gasteiger partial charge >= 0.3 is 0 Å². The molecule has 2 amide bonds. The number of benzene rings is 2. The Morgan fingerprint density at radius 1 is 1.16 bits per heavy atom. The SMILES string of the molecule is N#Cc1ccc(C[C@@H](NC(=O)Cc2ccc(F)cc2F)C(N)=O)cc1. The van der Waals surface area contributed by atoms with Crippen LogP contribution < -0.4 is 11.1 Å². The van der Waals surface area contributed by atoms with Gasteiger partial charge in [0.2, 0.25) is 11.8 Å². The molecule has 0 aromatic heterocycles. The van der Waals surface area contributed by atoms with E-state index in [2.05, 4.69) is 5.32 Å². The first-order chi connectivity index (χ1) is 11.9. The lowest BCUT2D eigenvalue weighted by atomic mass is 10.0. The van der Waals surface area contributed by atoms with E-state index in [9.17, 15) is 18.4 Å². The van der Waals surface area contributed by atoms with Gasteiger partial charge in [0.05, 0.1) is 18.1 Å². The van der Waals surface area contributed by atoms with E-state index in [0.717, 1.165) is 6.07 Å². The zero-order valence-corrected chi connectivity index (χ0v) is 13.1. The van der Waals surface area contributed by atoms with E-state index in [4.69, 9.17) is 11.0 Å². The minimum atomic E-state index is -0.982. The van der Waals surface area contributed by atoms with Gasteiger partial charge in [0, 0.05) is 12.5 Å². The average Bonchev–Trinajstić information content (AvgIpc) is 2.57. The molecule has 7 heteroatoms. The highest BCUT2D eigenvalue weighted by molar-refractivity contribution is 5.87. The molecule has 2 rings (SSSR count). The molecule has 0 unspecified atom stereocenters. The quantitative estimate of drug-likeness (QED) is 0.834. The molecule has 0 bridgehead atoms. The molecule has 0 spiro atoms. The molecule has 0 aliphatic carbocycles. The Balaban J connectivity index is 2.03. The Labute approximate surface area is 143 Å². The van der Waals surface area contributed by atoms with E-state index >= 15 is 0 Å². The topological polar surface area (TPSA) is 96.0 Å². The molecule has 2 aromatic rings. The van der Waals surface area contributed by atoms with Gasteiger partial charge in [-0.25, -0.2) is 8.78 Å². The average molecular weight is 343 g/mol. The maximum atomic E-state index is 13.6. The molecule has 5 nitrogen and oxygen atoms in total. The molecule has 128 valence electrons. The van der Waals surface area contributed by atoms with Crippen LogP contribution in [0.2, 0.25) is 0 Å². The van der Waals surface area contributed by atoms with Crippen LogP contribution in [-0.2, 0) is 22.4 Å². The summed E-state index contributed by atoms with van der Waals surface area (Å²) >= 11 is 0. The molecule has 1 atom stereocenters. The van der Waals surface area contributed by atoms with Crippen LogP contribution in [0, 0.1) is 23.0 Å². The summed E-state index contributed by atoms with van der Waals surface area (Å²) in [4.78, 5) is 23.6. The second-order valence-electron chi connectivity index (χ2n) is 5.45. The number of nitrogens with two attached hydrogens (primary N) is 1. The summed E-state index contributed by atoms with van der Waals surface area (Å²) in [5.74, 6) is -2.92. The molecule has 2 aromatic carbocycles. The van der Waals surface area contributed by atoms with E-state index < -0.39 is 29.5 Å². The third-order valence-corrected chi connectivity index (χ3v) is 3.57. The number of carbonyl (C=O) groups is 2. The van der Waals surface area contributed by atoms with Gasteiger partial charge in [-0.2, -0.15) is 5.26 Å². The van der Waals surface area contributed by atoms with E-state index in [-0.39, 0.29) is 18.4 Å². The molecule has 0 heterocycles. The largest absolute Gasteiger partial charge is 0.368 e. The summed E-state index contributed by atoms with van der Waals surface area (Å²) in [7, 11) is 0. The molecule has 0 radical (unpaired) electrons. The maximum absolute atomic E-state index is 13.6. The molecule has 0 aliphatic heterocycles. The minimum Gasteiger partial charge on any atom is -0.368 e. The smallest absolute Gasteiger partial charge is 0.240 e. The van der Waals surface area contributed by atoms with Crippen LogP contribution in [0.15, 0.2) is 42.5 Å². The monoisotopic (exact) mass is 343 g/mol. The lowest BCUT2D eigenvalue weighted by Crippen LogP contribution is -2.46. The van der Waals surface area contributed by atoms with Gasteiger partial charge in [0.25, 0.3) is 0 Å². The van der Waals surface area contributed by atoms with Gasteiger partial charge < -0.3 is 11.1 Å². The number of rotatable bonds is 6. The van der Waals surface area contributed by atoms with Crippen LogP contribution in [0.3, 0.4) is 0 Å². The first-order valence-corrected chi connectivity index (χ1v) is 7.40. The molecule has 0 saturated heterocycles. The second-order valence-corrected chi connectivity index (χ2v) is 5.45. The van der Waals surface area contributed by atoms with Gasteiger partial charge in [0.1, 0.15) is 17.7 Å². The summed E-state index contributed by atoms with van der Waals surface area (Å²) < 4.78 is 26.5. The number of primary amides is 1. The number of hydrogen-bond acceptors (Lipinski definition) is 3. The summed E-state index contributed by atoms with van der Waals surface area (Å²) in [5, 5.41) is 11.2. The third-order valence-electron chi connectivity index (χ3n) is 3.57. The van der Waals surface area contributed by atoms with Crippen LogP contribution in [0.5, 0.6) is 0 Å². The fourth-order valence-electron chi connectivity index (χ4n) is 2.26. The number of nitrogens with one attached hydrogen (secondary N) is 1. The number of hydrogen-bond donors (Lipinski definition) is 2.